The van der Waals surface area contributed by atoms with Gasteiger partial charge in [0.2, 0.25) is 0 Å². The van der Waals surface area contributed by atoms with Crippen molar-refractivity contribution < 1.29 is 4.74 Å². The maximum atomic E-state index is 5.17. The van der Waals surface area contributed by atoms with E-state index in [4.69, 9.17) is 4.74 Å². The summed E-state index contributed by atoms with van der Waals surface area (Å²) in [6.07, 6.45) is 13.3. The first kappa shape index (κ1) is 13.2. The molecule has 2 aliphatic carbocycles. The van der Waals surface area contributed by atoms with E-state index in [9.17, 15) is 0 Å². The highest BCUT2D eigenvalue weighted by Gasteiger charge is 2.28. The van der Waals surface area contributed by atoms with E-state index in [0.717, 1.165) is 5.92 Å². The summed E-state index contributed by atoms with van der Waals surface area (Å²) in [5, 5.41) is 0. The topological polar surface area (TPSA) is 9.23 Å². The third-order valence-electron chi connectivity index (χ3n) is 4.51. The van der Waals surface area contributed by atoms with Crippen molar-refractivity contribution in [2.45, 2.75) is 38.5 Å². The quantitative estimate of drug-likeness (QED) is 0.545. The molecule has 1 aromatic carbocycles. The molecule has 0 bridgehead atoms. The molecule has 1 nitrogen and oxygen atoms in total. The van der Waals surface area contributed by atoms with Crippen molar-refractivity contribution in [1.29, 1.82) is 0 Å². The Balaban J connectivity index is 2.02. The van der Waals surface area contributed by atoms with Gasteiger partial charge < -0.3 is 4.74 Å². The minimum atomic E-state index is 0.589. The monoisotopic (exact) mass is 266 g/mol. The van der Waals surface area contributed by atoms with E-state index in [-0.39, 0.29) is 0 Å². The van der Waals surface area contributed by atoms with Crippen LogP contribution in [0.5, 0.6) is 0 Å². The molecule has 20 heavy (non-hydrogen) atoms. The minimum Gasteiger partial charge on any atom is -0.498 e. The van der Waals surface area contributed by atoms with Crippen LogP contribution in [0.25, 0.3) is 11.6 Å². The Kier molecular flexibility index (Phi) is 3.77. The maximum Gasteiger partial charge on any atom is 0.106 e. The van der Waals surface area contributed by atoms with E-state index in [2.05, 4.69) is 43.9 Å². The standard InChI is InChI=1S/C19H22O/c1-3-20-13-5-8-15-9-11-17-12-10-16-7-4-6-14(2)18(15)19(16)17/h3,5-6,8-9,11,16H,1,4,7,10,12-13H2,2H3/b8-5-/t16-/m0/s1. The lowest BCUT2D eigenvalue weighted by atomic mass is 9.89. The summed E-state index contributed by atoms with van der Waals surface area (Å²) >= 11 is 0. The van der Waals surface area contributed by atoms with Crippen LogP contribution < -0.4 is 0 Å². The first-order valence-corrected chi connectivity index (χ1v) is 7.53. The summed E-state index contributed by atoms with van der Waals surface area (Å²) in [5.74, 6) is 0.770. The van der Waals surface area contributed by atoms with Gasteiger partial charge in [-0.15, -0.1) is 0 Å². The van der Waals surface area contributed by atoms with Gasteiger partial charge in [0.15, 0.2) is 0 Å². The van der Waals surface area contributed by atoms with Crippen LogP contribution in [-0.2, 0) is 11.2 Å². The van der Waals surface area contributed by atoms with Crippen molar-refractivity contribution in [3.05, 3.63) is 59.4 Å². The predicted octanol–water partition coefficient (Wildman–Crippen LogP) is 5.09. The zero-order chi connectivity index (χ0) is 13.9. The maximum absolute atomic E-state index is 5.17. The second-order valence-electron chi connectivity index (χ2n) is 5.71. The van der Waals surface area contributed by atoms with Gasteiger partial charge >= 0.3 is 0 Å². The van der Waals surface area contributed by atoms with Crippen molar-refractivity contribution in [1.82, 2.24) is 0 Å². The van der Waals surface area contributed by atoms with E-state index in [0.29, 0.717) is 6.61 Å². The van der Waals surface area contributed by atoms with Crippen molar-refractivity contribution in [2.75, 3.05) is 6.61 Å². The molecule has 0 saturated carbocycles. The molecule has 0 spiro atoms. The van der Waals surface area contributed by atoms with Crippen LogP contribution in [0.3, 0.4) is 0 Å². The highest BCUT2D eigenvalue weighted by Crippen LogP contribution is 2.44. The van der Waals surface area contributed by atoms with Gasteiger partial charge in [0.1, 0.15) is 6.61 Å². The second kappa shape index (κ2) is 5.70. The van der Waals surface area contributed by atoms with Crippen LogP contribution in [-0.4, -0.2) is 6.61 Å². The van der Waals surface area contributed by atoms with E-state index in [1.807, 2.05) is 0 Å². The Morgan fingerprint density at radius 2 is 2.25 bits per heavy atom. The van der Waals surface area contributed by atoms with Gasteiger partial charge in [-0.05, 0) is 72.4 Å². The number of ether oxygens (including phenoxy) is 1. The van der Waals surface area contributed by atoms with Crippen molar-refractivity contribution in [2.24, 2.45) is 0 Å². The lowest BCUT2D eigenvalue weighted by Gasteiger charge is -2.16. The largest absolute Gasteiger partial charge is 0.498 e. The molecular formula is C19H22O. The van der Waals surface area contributed by atoms with Gasteiger partial charge in [-0.2, -0.15) is 0 Å². The Labute approximate surface area is 121 Å². The lowest BCUT2D eigenvalue weighted by Crippen LogP contribution is -1.98. The summed E-state index contributed by atoms with van der Waals surface area (Å²) in [7, 11) is 0. The van der Waals surface area contributed by atoms with Crippen molar-refractivity contribution >= 4 is 11.6 Å². The molecule has 0 fully saturated rings. The second-order valence-corrected chi connectivity index (χ2v) is 5.71. The zero-order valence-corrected chi connectivity index (χ0v) is 12.2. The van der Waals surface area contributed by atoms with Gasteiger partial charge in [0.25, 0.3) is 0 Å². The number of hydrogen-bond donors (Lipinski definition) is 0. The fourth-order valence-corrected chi connectivity index (χ4v) is 3.61. The molecule has 0 aromatic heterocycles. The molecule has 1 atom stereocenters. The minimum absolute atomic E-state index is 0.589. The highest BCUT2D eigenvalue weighted by atomic mass is 16.5. The van der Waals surface area contributed by atoms with Crippen LogP contribution >= 0.6 is 0 Å². The third-order valence-corrected chi connectivity index (χ3v) is 4.51. The van der Waals surface area contributed by atoms with Crippen LogP contribution in [0.1, 0.15) is 54.4 Å². The Morgan fingerprint density at radius 3 is 3.10 bits per heavy atom. The fraction of sp³-hybridized carbons (Fsp3) is 0.368. The molecule has 2 aliphatic rings. The van der Waals surface area contributed by atoms with Crippen molar-refractivity contribution in [3.8, 4) is 0 Å². The van der Waals surface area contributed by atoms with E-state index in [1.54, 1.807) is 11.1 Å². The highest BCUT2D eigenvalue weighted by molar-refractivity contribution is 5.78. The van der Waals surface area contributed by atoms with Crippen molar-refractivity contribution in [3.63, 3.8) is 0 Å². The number of benzene rings is 1. The van der Waals surface area contributed by atoms with Crippen LogP contribution in [0.4, 0.5) is 0 Å². The molecule has 0 N–H and O–H groups in total. The van der Waals surface area contributed by atoms with Crippen LogP contribution in [0.15, 0.2) is 37.1 Å². The van der Waals surface area contributed by atoms with Crippen LogP contribution in [0, 0.1) is 0 Å². The van der Waals surface area contributed by atoms with Gasteiger partial charge in [0.05, 0.1) is 6.26 Å². The smallest absolute Gasteiger partial charge is 0.106 e. The third kappa shape index (κ3) is 2.33. The molecule has 0 aliphatic heterocycles. The molecular weight excluding hydrogens is 244 g/mol. The van der Waals surface area contributed by atoms with E-state index in [1.165, 1.54) is 48.6 Å². The summed E-state index contributed by atoms with van der Waals surface area (Å²) in [4.78, 5) is 0. The van der Waals surface area contributed by atoms with E-state index < -0.39 is 0 Å². The fourth-order valence-electron chi connectivity index (χ4n) is 3.61. The molecule has 0 radical (unpaired) electrons. The van der Waals surface area contributed by atoms with Crippen LogP contribution in [0.2, 0.25) is 0 Å². The molecule has 0 saturated heterocycles. The number of aryl methyl sites for hydroxylation is 1. The summed E-state index contributed by atoms with van der Waals surface area (Å²) < 4.78 is 5.17. The average molecular weight is 266 g/mol. The molecule has 0 amide bonds. The van der Waals surface area contributed by atoms with Gasteiger partial charge in [-0.3, -0.25) is 0 Å². The SMILES string of the molecule is C=COC/C=C\c1ccc2c3c1C(C)=CCC[C@H]3CC2. The molecule has 0 unspecified atom stereocenters. The normalized spacial score (nSPS) is 20.4. The van der Waals surface area contributed by atoms with Gasteiger partial charge in [0, 0.05) is 0 Å². The number of hydrogen-bond acceptors (Lipinski definition) is 1. The molecule has 104 valence electrons. The van der Waals surface area contributed by atoms with E-state index >= 15 is 0 Å². The molecule has 1 heteroatoms. The number of allylic oxidation sites excluding steroid dienone is 2. The molecule has 0 heterocycles. The summed E-state index contributed by atoms with van der Waals surface area (Å²) in [6.45, 7) is 6.41. The Bertz CT molecular complexity index is 578. The Hall–Kier alpha value is -1.76. The summed E-state index contributed by atoms with van der Waals surface area (Å²) in [5.41, 5.74) is 7.45. The predicted molar refractivity (Wildman–Crippen MR) is 85.6 cm³/mol. The average Bonchev–Trinajstić information content (AvgIpc) is 2.78. The Morgan fingerprint density at radius 1 is 1.35 bits per heavy atom. The molecule has 1 aromatic rings. The van der Waals surface area contributed by atoms with Gasteiger partial charge in [-0.25, -0.2) is 0 Å². The first-order valence-electron chi connectivity index (χ1n) is 7.53. The van der Waals surface area contributed by atoms with Gasteiger partial charge in [-0.1, -0.05) is 30.9 Å². The number of rotatable bonds is 4. The summed E-state index contributed by atoms with van der Waals surface area (Å²) in [6, 6.07) is 4.59. The molecule has 3 rings (SSSR count). The first-order chi connectivity index (χ1) is 9.81. The zero-order valence-electron chi connectivity index (χ0n) is 12.2. The lowest BCUT2D eigenvalue weighted by molar-refractivity contribution is 0.292.